The smallest absolute Gasteiger partial charge is 0.167 e. The Bertz CT molecular complexity index is 963. The number of nitrogens with one attached hydrogen (secondary N) is 1. The van der Waals surface area contributed by atoms with Crippen molar-refractivity contribution < 1.29 is 14.2 Å². The van der Waals surface area contributed by atoms with Gasteiger partial charge in [0.2, 0.25) is 0 Å². The molecule has 0 saturated heterocycles. The summed E-state index contributed by atoms with van der Waals surface area (Å²) in [4.78, 5) is 0. The van der Waals surface area contributed by atoms with Crippen molar-refractivity contribution in [3.63, 3.8) is 0 Å². The molecule has 0 bridgehead atoms. The highest BCUT2D eigenvalue weighted by Crippen LogP contribution is 2.37. The van der Waals surface area contributed by atoms with Gasteiger partial charge in [-0.15, -0.1) is 0 Å². The minimum Gasteiger partial charge on any atom is -0.497 e. The first kappa shape index (κ1) is 22.5. The van der Waals surface area contributed by atoms with Gasteiger partial charge in [-0.3, -0.25) is 0 Å². The molecule has 0 fully saturated rings. The molecule has 3 rings (SSSR count). The highest BCUT2D eigenvalue weighted by molar-refractivity contribution is 9.10. The summed E-state index contributed by atoms with van der Waals surface area (Å²) in [5.41, 5.74) is 3.19. The molecule has 0 radical (unpaired) electrons. The lowest BCUT2D eigenvalue weighted by atomic mass is 10.1. The summed E-state index contributed by atoms with van der Waals surface area (Å²) in [6.07, 6.45) is 0.918. The largest absolute Gasteiger partial charge is 0.497 e. The fraction of sp³-hybridized carbons (Fsp3) is 0.250. The van der Waals surface area contributed by atoms with Crippen LogP contribution in [0.15, 0.2) is 65.1 Å². The number of benzene rings is 3. The van der Waals surface area contributed by atoms with Crippen molar-refractivity contribution in [3.05, 3.63) is 86.8 Å². The predicted octanol–water partition coefficient (Wildman–Crippen LogP) is 6.03. The third-order valence-corrected chi connectivity index (χ3v) is 5.88. The zero-order valence-corrected chi connectivity index (χ0v) is 19.4. The standard InChI is InChI=1S/C24H25BrClNO3/c1-28-19-9-7-17(8-10-19)13-14-27-15-20-21(25)11-12-23(29-2)24(20)30-16-18-5-3-4-6-22(18)26/h3-12,27H,13-16H2,1-2H3. The highest BCUT2D eigenvalue weighted by atomic mass is 79.9. The summed E-state index contributed by atoms with van der Waals surface area (Å²) in [5.74, 6) is 2.27. The first-order chi connectivity index (χ1) is 14.6. The lowest BCUT2D eigenvalue weighted by Gasteiger charge is -2.17. The van der Waals surface area contributed by atoms with Gasteiger partial charge in [-0.1, -0.05) is 57.9 Å². The van der Waals surface area contributed by atoms with Gasteiger partial charge in [-0.05, 0) is 48.9 Å². The number of rotatable bonds is 10. The Kier molecular flexibility index (Phi) is 8.43. The molecule has 4 nitrogen and oxygen atoms in total. The maximum Gasteiger partial charge on any atom is 0.167 e. The van der Waals surface area contributed by atoms with Crippen LogP contribution in [0.3, 0.4) is 0 Å². The lowest BCUT2D eigenvalue weighted by Crippen LogP contribution is -2.18. The maximum absolute atomic E-state index is 6.27. The summed E-state index contributed by atoms with van der Waals surface area (Å²) in [6, 6.07) is 19.7. The zero-order chi connectivity index (χ0) is 21.3. The van der Waals surface area contributed by atoms with Crippen molar-refractivity contribution in [1.29, 1.82) is 0 Å². The van der Waals surface area contributed by atoms with Gasteiger partial charge >= 0.3 is 0 Å². The van der Waals surface area contributed by atoms with Crippen molar-refractivity contribution in [3.8, 4) is 17.2 Å². The Morgan fingerprint density at radius 3 is 2.40 bits per heavy atom. The summed E-state index contributed by atoms with van der Waals surface area (Å²) in [7, 11) is 3.32. The van der Waals surface area contributed by atoms with Crippen LogP contribution in [-0.4, -0.2) is 20.8 Å². The molecular weight excluding hydrogens is 466 g/mol. The monoisotopic (exact) mass is 489 g/mol. The number of hydrogen-bond donors (Lipinski definition) is 1. The van der Waals surface area contributed by atoms with E-state index in [1.54, 1.807) is 14.2 Å². The van der Waals surface area contributed by atoms with Gasteiger partial charge in [0, 0.05) is 27.2 Å². The van der Waals surface area contributed by atoms with Crippen LogP contribution in [0.4, 0.5) is 0 Å². The average Bonchev–Trinajstić information content (AvgIpc) is 2.77. The Balaban J connectivity index is 1.66. The van der Waals surface area contributed by atoms with Crippen LogP contribution in [0.2, 0.25) is 5.02 Å². The molecule has 0 aliphatic heterocycles. The summed E-state index contributed by atoms with van der Waals surface area (Å²) in [6.45, 7) is 1.84. The van der Waals surface area contributed by atoms with Gasteiger partial charge in [-0.2, -0.15) is 0 Å². The normalized spacial score (nSPS) is 10.7. The molecule has 0 aliphatic carbocycles. The van der Waals surface area contributed by atoms with E-state index in [2.05, 4.69) is 33.4 Å². The van der Waals surface area contributed by atoms with E-state index in [4.69, 9.17) is 25.8 Å². The van der Waals surface area contributed by atoms with Gasteiger partial charge in [0.05, 0.1) is 14.2 Å². The van der Waals surface area contributed by atoms with Crippen molar-refractivity contribution in [2.75, 3.05) is 20.8 Å². The number of halogens is 2. The molecule has 30 heavy (non-hydrogen) atoms. The topological polar surface area (TPSA) is 39.7 Å². The van der Waals surface area contributed by atoms with Crippen molar-refractivity contribution in [2.24, 2.45) is 0 Å². The second kappa shape index (κ2) is 11.3. The maximum atomic E-state index is 6.27. The van der Waals surface area contributed by atoms with Crippen LogP contribution < -0.4 is 19.5 Å². The molecule has 1 N–H and O–H groups in total. The quantitative estimate of drug-likeness (QED) is 0.352. The van der Waals surface area contributed by atoms with Crippen LogP contribution in [0.1, 0.15) is 16.7 Å². The van der Waals surface area contributed by atoms with Crippen molar-refractivity contribution >= 4 is 27.5 Å². The summed E-state index contributed by atoms with van der Waals surface area (Å²) < 4.78 is 17.9. The number of hydrogen-bond acceptors (Lipinski definition) is 4. The molecule has 0 spiro atoms. The molecular formula is C24H25BrClNO3. The SMILES string of the molecule is COc1ccc(CCNCc2c(Br)ccc(OC)c2OCc2ccccc2Cl)cc1. The Hall–Kier alpha value is -2.21. The average molecular weight is 491 g/mol. The lowest BCUT2D eigenvalue weighted by molar-refractivity contribution is 0.280. The van der Waals surface area contributed by atoms with Crippen LogP contribution in [-0.2, 0) is 19.6 Å². The van der Waals surface area contributed by atoms with E-state index in [-0.39, 0.29) is 0 Å². The molecule has 0 unspecified atom stereocenters. The molecule has 3 aromatic carbocycles. The molecule has 0 aromatic heterocycles. The van der Waals surface area contributed by atoms with Gasteiger partial charge in [0.1, 0.15) is 12.4 Å². The highest BCUT2D eigenvalue weighted by Gasteiger charge is 2.15. The van der Waals surface area contributed by atoms with E-state index in [1.165, 1.54) is 5.56 Å². The van der Waals surface area contributed by atoms with E-state index < -0.39 is 0 Å². The second-order valence-electron chi connectivity index (χ2n) is 6.71. The molecule has 3 aromatic rings. The van der Waals surface area contributed by atoms with Crippen molar-refractivity contribution in [2.45, 2.75) is 19.6 Å². The van der Waals surface area contributed by atoms with Gasteiger partial charge < -0.3 is 19.5 Å². The molecule has 0 atom stereocenters. The van der Waals surface area contributed by atoms with Crippen molar-refractivity contribution in [1.82, 2.24) is 5.32 Å². The molecule has 0 aliphatic rings. The first-order valence-corrected chi connectivity index (χ1v) is 10.8. The van der Waals surface area contributed by atoms with Gasteiger partial charge in [0.25, 0.3) is 0 Å². The molecule has 0 saturated carbocycles. The minimum absolute atomic E-state index is 0.366. The van der Waals surface area contributed by atoms with Crippen LogP contribution in [0.5, 0.6) is 17.2 Å². The van der Waals surface area contributed by atoms with Crippen LogP contribution in [0, 0.1) is 0 Å². The Labute approximate surface area is 191 Å². The number of methoxy groups -OCH3 is 2. The van der Waals surface area contributed by atoms with E-state index >= 15 is 0 Å². The fourth-order valence-electron chi connectivity index (χ4n) is 3.07. The number of ether oxygens (including phenoxy) is 3. The summed E-state index contributed by atoms with van der Waals surface area (Å²) >= 11 is 9.92. The third kappa shape index (κ3) is 5.91. The van der Waals surface area contributed by atoms with Crippen LogP contribution in [0.25, 0.3) is 0 Å². The predicted molar refractivity (Wildman–Crippen MR) is 125 cm³/mol. The molecule has 0 amide bonds. The van der Waals surface area contributed by atoms with Gasteiger partial charge in [-0.25, -0.2) is 0 Å². The molecule has 0 heterocycles. The van der Waals surface area contributed by atoms with E-state index in [1.807, 2.05) is 48.5 Å². The minimum atomic E-state index is 0.366. The van der Waals surface area contributed by atoms with Gasteiger partial charge in [0.15, 0.2) is 11.5 Å². The first-order valence-electron chi connectivity index (χ1n) is 9.67. The Morgan fingerprint density at radius 2 is 1.70 bits per heavy atom. The van der Waals surface area contributed by atoms with Crippen LogP contribution >= 0.6 is 27.5 Å². The van der Waals surface area contributed by atoms with E-state index in [0.29, 0.717) is 29.7 Å². The zero-order valence-electron chi connectivity index (χ0n) is 17.1. The van der Waals surface area contributed by atoms with E-state index in [0.717, 1.165) is 34.3 Å². The fourth-order valence-corrected chi connectivity index (χ4v) is 3.71. The second-order valence-corrected chi connectivity index (χ2v) is 7.97. The molecule has 158 valence electrons. The van der Waals surface area contributed by atoms with E-state index in [9.17, 15) is 0 Å². The Morgan fingerprint density at radius 1 is 0.933 bits per heavy atom. The molecule has 6 heteroatoms. The summed E-state index contributed by atoms with van der Waals surface area (Å²) in [5, 5.41) is 4.18. The third-order valence-electron chi connectivity index (χ3n) is 4.77.